The van der Waals surface area contributed by atoms with Gasteiger partial charge in [0.15, 0.2) is 5.96 Å². The van der Waals surface area contributed by atoms with Crippen LogP contribution in [0.2, 0.25) is 0 Å². The van der Waals surface area contributed by atoms with Crippen LogP contribution in [-0.4, -0.2) is 41.9 Å². The van der Waals surface area contributed by atoms with Gasteiger partial charge in [-0.05, 0) is 33.6 Å². The summed E-state index contributed by atoms with van der Waals surface area (Å²) in [5.41, 5.74) is 5.62. The molecule has 1 fully saturated rings. The third kappa shape index (κ3) is 7.03. The molecule has 1 aliphatic heterocycles. The first kappa shape index (κ1) is 17.5. The van der Waals surface area contributed by atoms with Gasteiger partial charge in [0, 0.05) is 25.0 Å². The van der Waals surface area contributed by atoms with E-state index in [-0.39, 0.29) is 35.4 Å². The van der Waals surface area contributed by atoms with Gasteiger partial charge in [-0.1, -0.05) is 0 Å². The van der Waals surface area contributed by atoms with Crippen LogP contribution < -0.4 is 11.1 Å². The van der Waals surface area contributed by atoms with E-state index < -0.39 is 0 Å². The highest BCUT2D eigenvalue weighted by Crippen LogP contribution is 2.08. The second-order valence-electron chi connectivity index (χ2n) is 5.48. The smallest absolute Gasteiger partial charge is 0.224 e. The lowest BCUT2D eigenvalue weighted by Gasteiger charge is -2.21. The van der Waals surface area contributed by atoms with Crippen LogP contribution in [0.4, 0.5) is 0 Å². The number of likely N-dealkylation sites (tertiary alicyclic amines) is 1. The number of nitrogens with one attached hydrogen (secondary N) is 1. The summed E-state index contributed by atoms with van der Waals surface area (Å²) in [6.07, 6.45) is 2.71. The van der Waals surface area contributed by atoms with Crippen LogP contribution in [-0.2, 0) is 4.79 Å². The summed E-state index contributed by atoms with van der Waals surface area (Å²) in [4.78, 5) is 17.8. The summed E-state index contributed by atoms with van der Waals surface area (Å²) < 4.78 is 0. The van der Waals surface area contributed by atoms with Crippen molar-refractivity contribution in [1.82, 2.24) is 10.2 Å². The third-order valence-electron chi connectivity index (χ3n) is 2.57. The van der Waals surface area contributed by atoms with Gasteiger partial charge in [0.2, 0.25) is 5.91 Å². The van der Waals surface area contributed by atoms with Crippen LogP contribution >= 0.6 is 24.0 Å². The van der Waals surface area contributed by atoms with Crippen molar-refractivity contribution in [3.63, 3.8) is 0 Å². The summed E-state index contributed by atoms with van der Waals surface area (Å²) in [6.45, 7) is 8.32. The van der Waals surface area contributed by atoms with E-state index in [4.69, 9.17) is 5.73 Å². The van der Waals surface area contributed by atoms with Crippen molar-refractivity contribution in [3.05, 3.63) is 0 Å². The minimum absolute atomic E-state index is 0. The van der Waals surface area contributed by atoms with Gasteiger partial charge >= 0.3 is 0 Å². The van der Waals surface area contributed by atoms with Crippen LogP contribution in [0.25, 0.3) is 0 Å². The summed E-state index contributed by atoms with van der Waals surface area (Å²) in [5, 5.41) is 3.07. The second-order valence-corrected chi connectivity index (χ2v) is 5.48. The van der Waals surface area contributed by atoms with Gasteiger partial charge in [0.05, 0.1) is 6.54 Å². The highest BCUT2D eigenvalue weighted by atomic mass is 127. The van der Waals surface area contributed by atoms with E-state index in [0.717, 1.165) is 25.9 Å². The highest BCUT2D eigenvalue weighted by Gasteiger charge is 2.17. The Hall–Kier alpha value is -0.530. The van der Waals surface area contributed by atoms with Crippen molar-refractivity contribution in [1.29, 1.82) is 0 Å². The van der Waals surface area contributed by atoms with Crippen LogP contribution in [0, 0.1) is 0 Å². The molecule has 0 saturated carbocycles. The molecule has 3 N–H and O–H groups in total. The lowest BCUT2D eigenvalue weighted by molar-refractivity contribution is -0.129. The van der Waals surface area contributed by atoms with Crippen molar-refractivity contribution in [2.75, 3.05) is 19.6 Å². The number of nitrogens with two attached hydrogens (primary N) is 1. The molecule has 0 spiro atoms. The average Bonchev–Trinajstić information content (AvgIpc) is 2.66. The maximum atomic E-state index is 11.7. The minimum Gasteiger partial charge on any atom is -0.370 e. The van der Waals surface area contributed by atoms with E-state index in [2.05, 4.69) is 10.3 Å². The SMILES string of the molecule is CC(C)(C)NC(N)=NCCC(=O)N1CCCC1.I. The number of amides is 1. The lowest BCUT2D eigenvalue weighted by atomic mass is 10.1. The molecule has 5 nitrogen and oxygen atoms in total. The summed E-state index contributed by atoms with van der Waals surface area (Å²) >= 11 is 0. The van der Waals surface area contributed by atoms with Crippen LogP contribution in [0.3, 0.4) is 0 Å². The molecule has 0 aliphatic carbocycles. The number of guanidine groups is 1. The molecule has 0 aromatic heterocycles. The van der Waals surface area contributed by atoms with E-state index >= 15 is 0 Å². The van der Waals surface area contributed by atoms with E-state index in [0.29, 0.717) is 18.9 Å². The zero-order chi connectivity index (χ0) is 12.9. The normalized spacial score (nSPS) is 16.4. The molecule has 0 unspecified atom stereocenters. The second kappa shape index (κ2) is 7.81. The van der Waals surface area contributed by atoms with Gasteiger partial charge in [-0.15, -0.1) is 24.0 Å². The predicted octanol–water partition coefficient (Wildman–Crippen LogP) is 1.32. The highest BCUT2D eigenvalue weighted by molar-refractivity contribution is 14.0. The van der Waals surface area contributed by atoms with E-state index in [1.54, 1.807) is 0 Å². The Bertz CT molecular complexity index is 293. The van der Waals surface area contributed by atoms with Crippen molar-refractivity contribution in [2.24, 2.45) is 10.7 Å². The van der Waals surface area contributed by atoms with Crippen molar-refractivity contribution >= 4 is 35.8 Å². The first-order valence-corrected chi connectivity index (χ1v) is 6.24. The largest absolute Gasteiger partial charge is 0.370 e. The Kier molecular flexibility index (Phi) is 7.58. The number of hydrogen-bond acceptors (Lipinski definition) is 2. The monoisotopic (exact) mass is 368 g/mol. The first-order valence-electron chi connectivity index (χ1n) is 6.24. The number of rotatable bonds is 3. The molecule has 0 aromatic carbocycles. The number of nitrogens with zero attached hydrogens (tertiary/aromatic N) is 2. The summed E-state index contributed by atoms with van der Waals surface area (Å²) in [5.74, 6) is 0.599. The molecular formula is C12H25IN4O. The van der Waals surface area contributed by atoms with E-state index in [9.17, 15) is 4.79 Å². The first-order chi connectivity index (χ1) is 7.88. The average molecular weight is 368 g/mol. The maximum absolute atomic E-state index is 11.7. The Morgan fingerprint density at radius 3 is 2.39 bits per heavy atom. The van der Waals surface area contributed by atoms with Crippen molar-refractivity contribution < 1.29 is 4.79 Å². The molecule has 0 bridgehead atoms. The number of hydrogen-bond donors (Lipinski definition) is 2. The molecule has 0 radical (unpaired) electrons. The Morgan fingerprint density at radius 1 is 1.33 bits per heavy atom. The maximum Gasteiger partial charge on any atom is 0.224 e. The third-order valence-corrected chi connectivity index (χ3v) is 2.57. The minimum atomic E-state index is -0.0907. The van der Waals surface area contributed by atoms with Crippen molar-refractivity contribution in [2.45, 2.75) is 45.6 Å². The number of halogens is 1. The van der Waals surface area contributed by atoms with Gasteiger partial charge in [-0.25, -0.2) is 0 Å². The van der Waals surface area contributed by atoms with Gasteiger partial charge in [0.1, 0.15) is 0 Å². The van der Waals surface area contributed by atoms with Crippen molar-refractivity contribution in [3.8, 4) is 0 Å². The zero-order valence-electron chi connectivity index (χ0n) is 11.5. The molecule has 1 aliphatic rings. The molecule has 18 heavy (non-hydrogen) atoms. The standard InChI is InChI=1S/C12H24N4O.HI/c1-12(2,3)15-11(13)14-7-6-10(17)16-8-4-5-9-16;/h4-9H2,1-3H3,(H3,13,14,15);1H. The van der Waals surface area contributed by atoms with Gasteiger partial charge < -0.3 is 16.0 Å². The molecule has 1 amide bonds. The van der Waals surface area contributed by atoms with Gasteiger partial charge in [-0.3, -0.25) is 9.79 Å². The predicted molar refractivity (Wildman–Crippen MR) is 85.2 cm³/mol. The number of aliphatic imine (C=N–C) groups is 1. The fourth-order valence-electron chi connectivity index (χ4n) is 1.82. The molecule has 106 valence electrons. The molecule has 1 rings (SSSR count). The molecule has 1 saturated heterocycles. The summed E-state index contributed by atoms with van der Waals surface area (Å²) in [6, 6.07) is 0. The van der Waals surface area contributed by atoms with Gasteiger partial charge in [0.25, 0.3) is 0 Å². The van der Waals surface area contributed by atoms with Crippen LogP contribution in [0.1, 0.15) is 40.0 Å². The fourth-order valence-corrected chi connectivity index (χ4v) is 1.82. The molecule has 0 atom stereocenters. The molecule has 1 heterocycles. The van der Waals surface area contributed by atoms with E-state index in [1.807, 2.05) is 25.7 Å². The van der Waals surface area contributed by atoms with Crippen LogP contribution in [0.15, 0.2) is 4.99 Å². The number of carbonyl (C=O) groups excluding carboxylic acids is 1. The quantitative estimate of drug-likeness (QED) is 0.449. The van der Waals surface area contributed by atoms with E-state index in [1.165, 1.54) is 0 Å². The Balaban J connectivity index is 0.00000289. The summed E-state index contributed by atoms with van der Waals surface area (Å²) in [7, 11) is 0. The molecule has 6 heteroatoms. The van der Waals surface area contributed by atoms with Crippen LogP contribution in [0.5, 0.6) is 0 Å². The lowest BCUT2D eigenvalue weighted by Crippen LogP contribution is -2.45. The Morgan fingerprint density at radius 2 is 1.89 bits per heavy atom. The number of carbonyl (C=O) groups is 1. The van der Waals surface area contributed by atoms with Gasteiger partial charge in [-0.2, -0.15) is 0 Å². The Labute approximate surface area is 127 Å². The zero-order valence-corrected chi connectivity index (χ0v) is 13.9. The fraction of sp³-hybridized carbons (Fsp3) is 0.833. The molecular weight excluding hydrogens is 343 g/mol. The topological polar surface area (TPSA) is 70.7 Å². The molecule has 0 aromatic rings.